The summed E-state index contributed by atoms with van der Waals surface area (Å²) in [6, 6.07) is 13.2. The highest BCUT2D eigenvalue weighted by molar-refractivity contribution is 7.20. The summed E-state index contributed by atoms with van der Waals surface area (Å²) in [7, 11) is 0. The smallest absolute Gasteiger partial charge is 0.258 e. The first-order valence-corrected chi connectivity index (χ1v) is 8.16. The Morgan fingerprint density at radius 3 is 2.88 bits per heavy atom. The first-order chi connectivity index (χ1) is 11.7. The van der Waals surface area contributed by atoms with E-state index in [0.717, 1.165) is 15.9 Å². The Hall–Kier alpha value is -3.06. The number of carbonyl (C=O) groups excluding carboxylic acids is 1. The van der Waals surface area contributed by atoms with Crippen molar-refractivity contribution in [2.24, 2.45) is 0 Å². The van der Waals surface area contributed by atoms with Crippen LogP contribution in [0.4, 0.5) is 5.82 Å². The van der Waals surface area contributed by atoms with Crippen molar-refractivity contribution in [3.8, 4) is 5.13 Å². The average molecular weight is 335 g/mol. The van der Waals surface area contributed by atoms with E-state index in [1.165, 1.54) is 17.5 Å². The summed E-state index contributed by atoms with van der Waals surface area (Å²) >= 11 is 1.53. The molecule has 7 heteroatoms. The Morgan fingerprint density at radius 2 is 2.08 bits per heavy atom. The van der Waals surface area contributed by atoms with Gasteiger partial charge in [-0.3, -0.25) is 9.78 Å². The van der Waals surface area contributed by atoms with E-state index in [9.17, 15) is 4.79 Å². The van der Waals surface area contributed by atoms with Gasteiger partial charge in [0.25, 0.3) is 5.91 Å². The largest absolute Gasteiger partial charge is 0.306 e. The van der Waals surface area contributed by atoms with Gasteiger partial charge in [0, 0.05) is 18.5 Å². The third-order valence-electron chi connectivity index (χ3n) is 3.46. The number of thiazole rings is 1. The molecular weight excluding hydrogens is 322 g/mol. The van der Waals surface area contributed by atoms with Gasteiger partial charge >= 0.3 is 0 Å². The van der Waals surface area contributed by atoms with Crippen molar-refractivity contribution in [2.45, 2.75) is 6.92 Å². The highest BCUT2D eigenvalue weighted by atomic mass is 32.1. The number of hydrogen-bond acceptors (Lipinski definition) is 5. The lowest BCUT2D eigenvalue weighted by Crippen LogP contribution is -2.15. The monoisotopic (exact) mass is 335 g/mol. The Bertz CT molecular complexity index is 989. The fourth-order valence-corrected chi connectivity index (χ4v) is 3.30. The number of pyridine rings is 1. The normalized spacial score (nSPS) is 10.9. The number of nitrogens with zero attached hydrogens (tertiary/aromatic N) is 4. The van der Waals surface area contributed by atoms with Crippen molar-refractivity contribution in [3.05, 3.63) is 66.1 Å². The fraction of sp³-hybridized carbons (Fsp3) is 0.0588. The number of aromatic nitrogens is 4. The van der Waals surface area contributed by atoms with Crippen LogP contribution in [0.25, 0.3) is 15.3 Å². The van der Waals surface area contributed by atoms with Crippen LogP contribution in [0.1, 0.15) is 16.1 Å². The molecule has 1 N–H and O–H groups in total. The van der Waals surface area contributed by atoms with Crippen molar-refractivity contribution in [1.82, 2.24) is 19.7 Å². The number of para-hydroxylation sites is 1. The molecule has 0 atom stereocenters. The van der Waals surface area contributed by atoms with Crippen LogP contribution in [0.15, 0.2) is 54.9 Å². The minimum atomic E-state index is -0.231. The number of fused-ring (bicyclic) bond motifs is 1. The Balaban J connectivity index is 1.71. The van der Waals surface area contributed by atoms with Crippen molar-refractivity contribution < 1.29 is 4.79 Å². The molecular formula is C17H13N5OS. The number of carbonyl (C=O) groups is 1. The van der Waals surface area contributed by atoms with E-state index in [-0.39, 0.29) is 5.91 Å². The number of anilines is 1. The Labute approximate surface area is 141 Å². The molecule has 0 aliphatic rings. The molecule has 4 aromatic rings. The molecule has 0 radical (unpaired) electrons. The molecule has 0 aliphatic heterocycles. The highest BCUT2D eigenvalue weighted by Crippen LogP contribution is 2.27. The van der Waals surface area contributed by atoms with E-state index in [1.54, 1.807) is 23.0 Å². The first kappa shape index (κ1) is 14.5. The zero-order valence-electron chi connectivity index (χ0n) is 12.8. The minimum absolute atomic E-state index is 0.231. The van der Waals surface area contributed by atoms with Crippen LogP contribution in [0.5, 0.6) is 0 Å². The van der Waals surface area contributed by atoms with Crippen molar-refractivity contribution in [1.29, 1.82) is 0 Å². The molecule has 0 fully saturated rings. The number of hydrogen-bond donors (Lipinski definition) is 1. The molecule has 0 saturated carbocycles. The van der Waals surface area contributed by atoms with E-state index in [1.807, 2.05) is 37.3 Å². The summed E-state index contributed by atoms with van der Waals surface area (Å²) in [5.41, 5.74) is 2.21. The number of rotatable bonds is 3. The second kappa shape index (κ2) is 5.86. The van der Waals surface area contributed by atoms with Gasteiger partial charge in [-0.1, -0.05) is 23.5 Å². The van der Waals surface area contributed by atoms with Gasteiger partial charge in [-0.25, -0.2) is 4.98 Å². The minimum Gasteiger partial charge on any atom is -0.306 e. The third kappa shape index (κ3) is 2.65. The van der Waals surface area contributed by atoms with Crippen LogP contribution < -0.4 is 5.32 Å². The number of amides is 1. The van der Waals surface area contributed by atoms with Gasteiger partial charge in [-0.05, 0) is 31.2 Å². The summed E-state index contributed by atoms with van der Waals surface area (Å²) in [5.74, 6) is 0.353. The average Bonchev–Trinajstić information content (AvgIpc) is 3.18. The molecule has 24 heavy (non-hydrogen) atoms. The van der Waals surface area contributed by atoms with E-state index in [0.29, 0.717) is 16.5 Å². The van der Waals surface area contributed by atoms with Gasteiger partial charge in [0.05, 0.1) is 21.5 Å². The van der Waals surface area contributed by atoms with Crippen LogP contribution >= 0.6 is 11.3 Å². The van der Waals surface area contributed by atoms with Crippen LogP contribution in [0, 0.1) is 6.92 Å². The van der Waals surface area contributed by atoms with Gasteiger partial charge < -0.3 is 5.32 Å². The van der Waals surface area contributed by atoms with Crippen molar-refractivity contribution in [2.75, 3.05) is 5.32 Å². The molecule has 0 unspecified atom stereocenters. The number of nitrogens with one attached hydrogen (secondary N) is 1. The quantitative estimate of drug-likeness (QED) is 0.622. The van der Waals surface area contributed by atoms with Crippen molar-refractivity contribution in [3.63, 3.8) is 0 Å². The van der Waals surface area contributed by atoms with Gasteiger partial charge in [0.1, 0.15) is 5.82 Å². The molecule has 3 aromatic heterocycles. The van der Waals surface area contributed by atoms with Gasteiger partial charge in [0.2, 0.25) is 5.13 Å². The van der Waals surface area contributed by atoms with Crippen LogP contribution in [0.2, 0.25) is 0 Å². The van der Waals surface area contributed by atoms with Crippen molar-refractivity contribution >= 4 is 33.3 Å². The topological polar surface area (TPSA) is 72.7 Å². The lowest BCUT2D eigenvalue weighted by atomic mass is 10.3. The summed E-state index contributed by atoms with van der Waals surface area (Å²) in [5, 5.41) is 8.05. The standard InChI is InChI=1S/C17H13N5OS/c1-11-9-15(20-16(23)12-5-4-8-18-10-12)22(21-11)17-19-13-6-2-3-7-14(13)24-17/h2-10H,1H3,(H,20,23). The molecule has 3 heterocycles. The molecule has 118 valence electrons. The summed E-state index contributed by atoms with van der Waals surface area (Å²) < 4.78 is 2.74. The predicted octanol–water partition coefficient (Wildman–Crippen LogP) is 3.44. The summed E-state index contributed by atoms with van der Waals surface area (Å²) in [6.45, 7) is 1.88. The molecule has 1 amide bonds. The van der Waals surface area contributed by atoms with Gasteiger partial charge in [-0.2, -0.15) is 9.78 Å². The second-order valence-electron chi connectivity index (χ2n) is 5.24. The number of benzene rings is 1. The van der Waals surface area contributed by atoms with E-state index in [4.69, 9.17) is 0 Å². The lowest BCUT2D eigenvalue weighted by molar-refractivity contribution is 0.102. The second-order valence-corrected chi connectivity index (χ2v) is 6.25. The summed E-state index contributed by atoms with van der Waals surface area (Å²) in [6.07, 6.45) is 3.16. The predicted molar refractivity (Wildman–Crippen MR) is 93.7 cm³/mol. The molecule has 1 aromatic carbocycles. The van der Waals surface area contributed by atoms with Crippen LogP contribution in [0.3, 0.4) is 0 Å². The summed E-state index contributed by atoms with van der Waals surface area (Å²) in [4.78, 5) is 20.9. The van der Waals surface area contributed by atoms with Gasteiger partial charge in [0.15, 0.2) is 0 Å². The maximum absolute atomic E-state index is 12.4. The van der Waals surface area contributed by atoms with E-state index in [2.05, 4.69) is 20.4 Å². The lowest BCUT2D eigenvalue weighted by Gasteiger charge is -2.06. The van der Waals surface area contributed by atoms with Gasteiger partial charge in [-0.15, -0.1) is 0 Å². The zero-order chi connectivity index (χ0) is 16.5. The maximum Gasteiger partial charge on any atom is 0.258 e. The molecule has 0 bridgehead atoms. The zero-order valence-corrected chi connectivity index (χ0v) is 13.6. The highest BCUT2D eigenvalue weighted by Gasteiger charge is 2.15. The molecule has 6 nitrogen and oxygen atoms in total. The van der Waals surface area contributed by atoms with Crippen LogP contribution in [-0.2, 0) is 0 Å². The van der Waals surface area contributed by atoms with E-state index < -0.39 is 0 Å². The fourth-order valence-electron chi connectivity index (χ4n) is 2.37. The third-order valence-corrected chi connectivity index (χ3v) is 4.47. The molecule has 0 saturated heterocycles. The first-order valence-electron chi connectivity index (χ1n) is 7.35. The van der Waals surface area contributed by atoms with Crippen LogP contribution in [-0.4, -0.2) is 25.7 Å². The molecule has 0 aliphatic carbocycles. The Kier molecular flexibility index (Phi) is 3.55. The Morgan fingerprint density at radius 1 is 1.21 bits per heavy atom. The SMILES string of the molecule is Cc1cc(NC(=O)c2cccnc2)n(-c2nc3ccccc3s2)n1. The molecule has 4 rings (SSSR count). The molecule has 0 spiro atoms. The number of aryl methyl sites for hydroxylation is 1. The van der Waals surface area contributed by atoms with E-state index >= 15 is 0 Å². The maximum atomic E-state index is 12.4.